The molecule has 0 spiro atoms. The fraction of sp³-hybridized carbons (Fsp3) is 0.511. The van der Waals surface area contributed by atoms with Crippen molar-refractivity contribution in [3.05, 3.63) is 95.6 Å². The molecular weight excluding hydrogens is 779 g/mol. The van der Waals surface area contributed by atoms with Crippen LogP contribution >= 0.6 is 0 Å². The highest BCUT2D eigenvalue weighted by Crippen LogP contribution is 2.44. The molecule has 4 atom stereocenters. The zero-order chi connectivity index (χ0) is 44.7. The summed E-state index contributed by atoms with van der Waals surface area (Å²) in [6.45, 7) is 12.6. The molecule has 332 valence electrons. The van der Waals surface area contributed by atoms with E-state index in [1.165, 1.54) is 4.90 Å². The molecule has 3 amide bonds. The van der Waals surface area contributed by atoms with Gasteiger partial charge < -0.3 is 40.6 Å². The highest BCUT2D eigenvalue weighted by molar-refractivity contribution is 5.90. The zero-order valence-electron chi connectivity index (χ0n) is 36.6. The second kappa shape index (κ2) is 23.1. The lowest BCUT2D eigenvalue weighted by Gasteiger charge is -2.35. The molecule has 4 rings (SSSR count). The van der Waals surface area contributed by atoms with Gasteiger partial charge in [-0.05, 0) is 79.7 Å². The van der Waals surface area contributed by atoms with Crippen LogP contribution in [0, 0.1) is 11.8 Å². The topological polar surface area (TPSA) is 199 Å². The number of rotatable bonds is 23. The number of hydrogen-bond donors (Lipinski definition) is 5. The number of esters is 1. The van der Waals surface area contributed by atoms with Crippen molar-refractivity contribution in [2.24, 2.45) is 17.6 Å². The molecule has 0 heterocycles. The SMILES string of the molecule is CC(C)C[C@H](NC(CCN(C(=O)CNC(=O)[C@@H](N)COCc1ccccc1)[C@@H](CC(C)C)C(=O)OC(C)(C)C)CNC(=O)OCC1c2ccccc2-c2ccccc21)C(=O)O. The van der Waals surface area contributed by atoms with Gasteiger partial charge >= 0.3 is 18.0 Å². The zero-order valence-corrected chi connectivity index (χ0v) is 36.6. The van der Waals surface area contributed by atoms with Crippen LogP contribution in [-0.4, -0.2) is 102 Å². The van der Waals surface area contributed by atoms with Crippen LogP contribution in [0.2, 0.25) is 0 Å². The summed E-state index contributed by atoms with van der Waals surface area (Å²) in [5.74, 6) is -3.02. The first-order chi connectivity index (χ1) is 28.9. The third kappa shape index (κ3) is 15.3. The lowest BCUT2D eigenvalue weighted by Crippen LogP contribution is -2.55. The van der Waals surface area contributed by atoms with Gasteiger partial charge in [-0.3, -0.25) is 19.7 Å². The number of carbonyl (C=O) groups is 5. The van der Waals surface area contributed by atoms with E-state index in [1.54, 1.807) is 20.8 Å². The largest absolute Gasteiger partial charge is 0.480 e. The van der Waals surface area contributed by atoms with E-state index in [1.807, 2.05) is 94.4 Å². The molecule has 6 N–H and O–H groups in total. The Morgan fingerprint density at radius 1 is 0.820 bits per heavy atom. The molecule has 0 bridgehead atoms. The quantitative estimate of drug-likeness (QED) is 0.0743. The summed E-state index contributed by atoms with van der Waals surface area (Å²) < 4.78 is 17.2. The Bertz CT molecular complexity index is 1870. The number of aliphatic carboxylic acids is 1. The molecule has 3 aromatic rings. The van der Waals surface area contributed by atoms with Crippen LogP contribution in [-0.2, 0) is 40.0 Å². The molecule has 0 aromatic heterocycles. The van der Waals surface area contributed by atoms with E-state index in [4.69, 9.17) is 19.9 Å². The number of benzene rings is 3. The van der Waals surface area contributed by atoms with Crippen molar-refractivity contribution in [1.29, 1.82) is 0 Å². The molecule has 0 saturated carbocycles. The minimum absolute atomic E-state index is 0.0312. The van der Waals surface area contributed by atoms with Gasteiger partial charge in [0.25, 0.3) is 0 Å². The molecule has 1 aliphatic rings. The number of fused-ring (bicyclic) bond motifs is 3. The predicted molar refractivity (Wildman–Crippen MR) is 233 cm³/mol. The number of ether oxygens (including phenoxy) is 3. The van der Waals surface area contributed by atoms with Crippen LogP contribution in [0.25, 0.3) is 11.1 Å². The normalized spacial score (nSPS) is 14.3. The van der Waals surface area contributed by atoms with Gasteiger partial charge in [0.05, 0.1) is 19.8 Å². The highest BCUT2D eigenvalue weighted by Gasteiger charge is 2.35. The summed E-state index contributed by atoms with van der Waals surface area (Å²) in [5, 5.41) is 18.7. The van der Waals surface area contributed by atoms with Crippen LogP contribution in [0.5, 0.6) is 0 Å². The first-order valence-corrected chi connectivity index (χ1v) is 21.2. The Morgan fingerprint density at radius 3 is 1.98 bits per heavy atom. The van der Waals surface area contributed by atoms with Crippen LogP contribution < -0.4 is 21.7 Å². The van der Waals surface area contributed by atoms with Crippen molar-refractivity contribution in [2.45, 2.75) is 110 Å². The van der Waals surface area contributed by atoms with Crippen LogP contribution in [0.3, 0.4) is 0 Å². The first kappa shape index (κ1) is 48.4. The number of carboxylic acid groups (broad SMARTS) is 1. The predicted octanol–water partition coefficient (Wildman–Crippen LogP) is 5.62. The maximum absolute atomic E-state index is 14.1. The molecule has 0 saturated heterocycles. The lowest BCUT2D eigenvalue weighted by atomic mass is 9.98. The van der Waals surface area contributed by atoms with Crippen molar-refractivity contribution in [2.75, 3.05) is 32.8 Å². The van der Waals surface area contributed by atoms with Crippen LogP contribution in [0.4, 0.5) is 4.79 Å². The molecule has 3 aromatic carbocycles. The molecular formula is C47H65N5O9. The Kier molecular flexibility index (Phi) is 18.3. The number of amides is 3. The molecule has 0 fully saturated rings. The minimum Gasteiger partial charge on any atom is -0.480 e. The monoisotopic (exact) mass is 843 g/mol. The van der Waals surface area contributed by atoms with Crippen molar-refractivity contribution >= 4 is 29.8 Å². The van der Waals surface area contributed by atoms with E-state index in [0.717, 1.165) is 27.8 Å². The van der Waals surface area contributed by atoms with E-state index < -0.39 is 66.2 Å². The van der Waals surface area contributed by atoms with Crippen LogP contribution in [0.15, 0.2) is 78.9 Å². The minimum atomic E-state index is -1.06. The number of nitrogens with one attached hydrogen (secondary N) is 3. The third-order valence-corrected chi connectivity index (χ3v) is 10.2. The van der Waals surface area contributed by atoms with Crippen molar-refractivity contribution in [3.8, 4) is 11.1 Å². The highest BCUT2D eigenvalue weighted by atomic mass is 16.6. The Morgan fingerprint density at radius 2 is 1.41 bits per heavy atom. The van der Waals surface area contributed by atoms with E-state index in [0.29, 0.717) is 6.42 Å². The van der Waals surface area contributed by atoms with Gasteiger partial charge in [-0.2, -0.15) is 0 Å². The second-order valence-electron chi connectivity index (χ2n) is 17.5. The van der Waals surface area contributed by atoms with Crippen molar-refractivity contribution in [1.82, 2.24) is 20.9 Å². The molecule has 0 radical (unpaired) electrons. The molecule has 14 heteroatoms. The smallest absolute Gasteiger partial charge is 0.407 e. The number of carbonyl (C=O) groups excluding carboxylic acids is 4. The maximum atomic E-state index is 14.1. The lowest BCUT2D eigenvalue weighted by molar-refractivity contribution is -0.165. The Hall–Kier alpha value is -5.31. The van der Waals surface area contributed by atoms with E-state index >= 15 is 0 Å². The van der Waals surface area contributed by atoms with Crippen molar-refractivity contribution < 1.29 is 43.3 Å². The van der Waals surface area contributed by atoms with E-state index in [2.05, 4.69) is 28.1 Å². The average Bonchev–Trinajstić information content (AvgIpc) is 3.52. The standard InChI is InChI=1S/C47H65N5O9/c1-30(2)23-40(44(55)56)51-33(25-50-46(58)60-28-38-36-19-13-11-17-34(36)35-18-12-14-20-37(35)38)21-22-52(41(24-31(3)4)45(57)61-47(5,6)7)42(53)26-49-43(54)39(48)29-59-27-32-15-9-8-10-16-32/h8-20,30-31,33,38-41,51H,21-29,48H2,1-7H3,(H,49,54)(H,50,58)(H,55,56)/t33?,39-,40-,41-/m0/s1. The maximum Gasteiger partial charge on any atom is 0.407 e. The van der Waals surface area contributed by atoms with Crippen LogP contribution in [0.1, 0.15) is 90.3 Å². The molecule has 14 nitrogen and oxygen atoms in total. The van der Waals surface area contributed by atoms with E-state index in [-0.39, 0.29) is 63.5 Å². The van der Waals surface area contributed by atoms with Gasteiger partial charge in [0.15, 0.2) is 0 Å². The van der Waals surface area contributed by atoms with Gasteiger partial charge in [-0.1, -0.05) is 107 Å². The summed E-state index contributed by atoms with van der Waals surface area (Å²) in [6.07, 6.45) is -0.0113. The average molecular weight is 844 g/mol. The number of carboxylic acids is 1. The Balaban J connectivity index is 1.49. The number of nitrogens with zero attached hydrogens (tertiary/aromatic N) is 1. The van der Waals surface area contributed by atoms with Crippen molar-refractivity contribution in [3.63, 3.8) is 0 Å². The first-order valence-electron chi connectivity index (χ1n) is 21.2. The summed E-state index contributed by atoms with van der Waals surface area (Å²) in [7, 11) is 0. The Labute approximate surface area is 360 Å². The number of hydrogen-bond acceptors (Lipinski definition) is 10. The van der Waals surface area contributed by atoms with Gasteiger partial charge in [-0.25, -0.2) is 9.59 Å². The molecule has 1 unspecified atom stereocenters. The number of alkyl carbamates (subject to hydrolysis) is 1. The summed E-state index contributed by atoms with van der Waals surface area (Å²) in [4.78, 5) is 68.1. The van der Waals surface area contributed by atoms with Gasteiger partial charge in [0.2, 0.25) is 11.8 Å². The fourth-order valence-corrected chi connectivity index (χ4v) is 7.36. The van der Waals surface area contributed by atoms with Gasteiger partial charge in [-0.15, -0.1) is 0 Å². The molecule has 61 heavy (non-hydrogen) atoms. The fourth-order valence-electron chi connectivity index (χ4n) is 7.36. The third-order valence-electron chi connectivity index (χ3n) is 10.2. The van der Waals surface area contributed by atoms with Gasteiger partial charge in [0.1, 0.15) is 30.3 Å². The molecule has 0 aliphatic heterocycles. The summed E-state index contributed by atoms with van der Waals surface area (Å²) in [5.41, 5.74) is 10.5. The summed E-state index contributed by atoms with van der Waals surface area (Å²) >= 11 is 0. The second-order valence-corrected chi connectivity index (χ2v) is 17.5. The summed E-state index contributed by atoms with van der Waals surface area (Å²) in [6, 6.07) is 21.7. The van der Waals surface area contributed by atoms with Gasteiger partial charge in [0, 0.05) is 25.0 Å². The van der Waals surface area contributed by atoms with E-state index in [9.17, 15) is 29.1 Å². The number of nitrogens with two attached hydrogens (primary N) is 1. The molecule has 1 aliphatic carbocycles.